The van der Waals surface area contributed by atoms with Crippen molar-refractivity contribution in [3.63, 3.8) is 0 Å². The Balaban J connectivity index is 1.57. The smallest absolute Gasteiger partial charge is 0.241 e. The lowest BCUT2D eigenvalue weighted by molar-refractivity contribution is -0.125. The van der Waals surface area contributed by atoms with E-state index in [0.29, 0.717) is 21.8 Å². The number of nitrogens with zero attached hydrogens (tertiary/aromatic N) is 1. The van der Waals surface area contributed by atoms with Crippen molar-refractivity contribution < 1.29 is 9.59 Å². The number of halogens is 2. The van der Waals surface area contributed by atoms with Gasteiger partial charge in [0.25, 0.3) is 0 Å². The van der Waals surface area contributed by atoms with Crippen LogP contribution in [0, 0.1) is 0 Å². The molecule has 1 aliphatic carbocycles. The van der Waals surface area contributed by atoms with E-state index in [4.69, 9.17) is 23.2 Å². The molecule has 1 heterocycles. The highest BCUT2D eigenvalue weighted by molar-refractivity contribution is 6.35. The van der Waals surface area contributed by atoms with Crippen molar-refractivity contribution in [3.05, 3.63) is 28.2 Å². The van der Waals surface area contributed by atoms with Crippen LogP contribution in [0.15, 0.2) is 18.2 Å². The highest BCUT2D eigenvalue weighted by Gasteiger charge is 2.32. The SMILES string of the molecule is O=C(CN1CCCC1C(=O)Nc1cc(Cl)ccc1Cl)NC1CCCC1. The molecule has 0 radical (unpaired) electrons. The van der Waals surface area contributed by atoms with Gasteiger partial charge in [0.05, 0.1) is 23.3 Å². The number of hydrogen-bond acceptors (Lipinski definition) is 3. The number of nitrogens with one attached hydrogen (secondary N) is 2. The Labute approximate surface area is 158 Å². The predicted molar refractivity (Wildman–Crippen MR) is 100 cm³/mol. The number of anilines is 1. The van der Waals surface area contributed by atoms with Crippen molar-refractivity contribution in [2.45, 2.75) is 50.6 Å². The summed E-state index contributed by atoms with van der Waals surface area (Å²) in [6.07, 6.45) is 6.12. The molecule has 0 spiro atoms. The molecule has 7 heteroatoms. The van der Waals surface area contributed by atoms with Crippen molar-refractivity contribution in [2.24, 2.45) is 0 Å². The highest BCUT2D eigenvalue weighted by atomic mass is 35.5. The molecule has 1 saturated heterocycles. The van der Waals surface area contributed by atoms with Crippen LogP contribution in [0.5, 0.6) is 0 Å². The minimum Gasteiger partial charge on any atom is -0.352 e. The zero-order chi connectivity index (χ0) is 17.8. The molecule has 1 unspecified atom stereocenters. The normalized spacial score (nSPS) is 21.4. The molecule has 1 aromatic rings. The molecular weight excluding hydrogens is 361 g/mol. The van der Waals surface area contributed by atoms with Crippen LogP contribution in [0.1, 0.15) is 38.5 Å². The summed E-state index contributed by atoms with van der Waals surface area (Å²) in [7, 11) is 0. The third-order valence-electron chi connectivity index (χ3n) is 4.92. The van der Waals surface area contributed by atoms with Crippen LogP contribution < -0.4 is 10.6 Å². The summed E-state index contributed by atoms with van der Waals surface area (Å²) in [5.74, 6) is -0.136. The molecule has 1 saturated carbocycles. The van der Waals surface area contributed by atoms with Gasteiger partial charge in [-0.2, -0.15) is 0 Å². The fourth-order valence-corrected chi connectivity index (χ4v) is 3.99. The Morgan fingerprint density at radius 2 is 1.88 bits per heavy atom. The van der Waals surface area contributed by atoms with Gasteiger partial charge in [0.2, 0.25) is 11.8 Å². The van der Waals surface area contributed by atoms with Gasteiger partial charge in [-0.3, -0.25) is 14.5 Å². The summed E-state index contributed by atoms with van der Waals surface area (Å²) in [6.45, 7) is 1.01. The van der Waals surface area contributed by atoms with Crippen molar-refractivity contribution in [1.82, 2.24) is 10.2 Å². The fourth-order valence-electron chi connectivity index (χ4n) is 3.65. The van der Waals surface area contributed by atoms with E-state index >= 15 is 0 Å². The van der Waals surface area contributed by atoms with Gasteiger partial charge in [-0.25, -0.2) is 0 Å². The van der Waals surface area contributed by atoms with Gasteiger partial charge in [-0.05, 0) is 50.4 Å². The zero-order valence-corrected chi connectivity index (χ0v) is 15.6. The van der Waals surface area contributed by atoms with E-state index in [9.17, 15) is 9.59 Å². The molecule has 1 aliphatic heterocycles. The minimum absolute atomic E-state index is 0.00684. The second-order valence-electron chi connectivity index (χ2n) is 6.79. The molecule has 5 nitrogen and oxygen atoms in total. The standard InChI is InChI=1S/C18H23Cl2N3O2/c19-12-7-8-14(20)15(10-12)22-18(25)16-6-3-9-23(16)11-17(24)21-13-4-1-2-5-13/h7-8,10,13,16H,1-6,9,11H2,(H,21,24)(H,22,25). The molecule has 2 amide bonds. The maximum atomic E-state index is 12.6. The Kier molecular flexibility index (Phi) is 6.20. The van der Waals surface area contributed by atoms with E-state index in [0.717, 1.165) is 32.2 Å². The van der Waals surface area contributed by atoms with Crippen molar-refractivity contribution >= 4 is 40.7 Å². The first-order valence-electron chi connectivity index (χ1n) is 8.82. The number of carbonyl (C=O) groups is 2. The summed E-state index contributed by atoms with van der Waals surface area (Å²) in [5.41, 5.74) is 0.501. The van der Waals surface area contributed by atoms with E-state index in [2.05, 4.69) is 10.6 Å². The number of likely N-dealkylation sites (tertiary alicyclic amines) is 1. The Morgan fingerprint density at radius 1 is 1.12 bits per heavy atom. The van der Waals surface area contributed by atoms with Gasteiger partial charge in [-0.1, -0.05) is 36.0 Å². The number of amides is 2. The van der Waals surface area contributed by atoms with Crippen LogP contribution >= 0.6 is 23.2 Å². The average molecular weight is 384 g/mol. The van der Waals surface area contributed by atoms with Crippen LogP contribution in [-0.2, 0) is 9.59 Å². The largest absolute Gasteiger partial charge is 0.352 e. The molecule has 1 atom stereocenters. The van der Waals surface area contributed by atoms with Crippen molar-refractivity contribution in [2.75, 3.05) is 18.4 Å². The van der Waals surface area contributed by atoms with Crippen LogP contribution in [0.3, 0.4) is 0 Å². The molecule has 3 rings (SSSR count). The second kappa shape index (κ2) is 8.39. The Hall–Kier alpha value is -1.30. The van der Waals surface area contributed by atoms with Crippen LogP contribution in [0.25, 0.3) is 0 Å². The summed E-state index contributed by atoms with van der Waals surface area (Å²) in [5, 5.41) is 6.88. The molecule has 2 fully saturated rings. The lowest BCUT2D eigenvalue weighted by Gasteiger charge is -2.24. The lowest BCUT2D eigenvalue weighted by Crippen LogP contribution is -2.46. The number of hydrogen-bond donors (Lipinski definition) is 2. The topological polar surface area (TPSA) is 61.4 Å². The quantitative estimate of drug-likeness (QED) is 0.818. The molecule has 1 aromatic carbocycles. The fraction of sp³-hybridized carbons (Fsp3) is 0.556. The first-order valence-corrected chi connectivity index (χ1v) is 9.58. The van der Waals surface area contributed by atoms with Gasteiger partial charge in [-0.15, -0.1) is 0 Å². The molecule has 2 aliphatic rings. The number of benzene rings is 1. The second-order valence-corrected chi connectivity index (χ2v) is 7.63. The first-order chi connectivity index (χ1) is 12.0. The summed E-state index contributed by atoms with van der Waals surface area (Å²) < 4.78 is 0. The maximum absolute atomic E-state index is 12.6. The molecule has 0 aromatic heterocycles. The molecule has 25 heavy (non-hydrogen) atoms. The van der Waals surface area contributed by atoms with E-state index in [1.165, 1.54) is 12.8 Å². The van der Waals surface area contributed by atoms with Crippen LogP contribution in [0.4, 0.5) is 5.69 Å². The number of rotatable bonds is 5. The van der Waals surface area contributed by atoms with Crippen LogP contribution in [-0.4, -0.2) is 41.9 Å². The summed E-state index contributed by atoms with van der Waals surface area (Å²) in [4.78, 5) is 26.8. The summed E-state index contributed by atoms with van der Waals surface area (Å²) >= 11 is 12.1. The average Bonchev–Trinajstić information content (AvgIpc) is 3.22. The van der Waals surface area contributed by atoms with E-state index < -0.39 is 0 Å². The molecule has 0 bridgehead atoms. The minimum atomic E-state index is -0.315. The maximum Gasteiger partial charge on any atom is 0.241 e. The van der Waals surface area contributed by atoms with Crippen molar-refractivity contribution in [1.29, 1.82) is 0 Å². The number of carbonyl (C=O) groups excluding carboxylic acids is 2. The third-order valence-corrected chi connectivity index (χ3v) is 5.48. The van der Waals surface area contributed by atoms with E-state index in [1.54, 1.807) is 18.2 Å². The van der Waals surface area contributed by atoms with E-state index in [1.807, 2.05) is 4.90 Å². The zero-order valence-electron chi connectivity index (χ0n) is 14.1. The van der Waals surface area contributed by atoms with Gasteiger partial charge in [0.15, 0.2) is 0 Å². The molecule has 136 valence electrons. The predicted octanol–water partition coefficient (Wildman–Crippen LogP) is 3.46. The highest BCUT2D eigenvalue weighted by Crippen LogP contribution is 2.27. The van der Waals surface area contributed by atoms with Gasteiger partial charge < -0.3 is 10.6 Å². The van der Waals surface area contributed by atoms with Gasteiger partial charge in [0, 0.05) is 11.1 Å². The van der Waals surface area contributed by atoms with Gasteiger partial charge in [0.1, 0.15) is 0 Å². The summed E-state index contributed by atoms with van der Waals surface area (Å²) in [6, 6.07) is 4.95. The van der Waals surface area contributed by atoms with E-state index in [-0.39, 0.29) is 24.4 Å². The monoisotopic (exact) mass is 383 g/mol. The Morgan fingerprint density at radius 3 is 2.64 bits per heavy atom. The molecular formula is C18H23Cl2N3O2. The van der Waals surface area contributed by atoms with Crippen LogP contribution in [0.2, 0.25) is 10.0 Å². The Bertz CT molecular complexity index is 647. The first kappa shape index (κ1) is 18.5. The third kappa shape index (κ3) is 4.87. The molecule has 2 N–H and O–H groups in total. The van der Waals surface area contributed by atoms with Crippen molar-refractivity contribution in [3.8, 4) is 0 Å². The lowest BCUT2D eigenvalue weighted by atomic mass is 10.2. The van der Waals surface area contributed by atoms with Gasteiger partial charge >= 0.3 is 0 Å².